The lowest BCUT2D eigenvalue weighted by Crippen LogP contribution is -2.47. The van der Waals surface area contributed by atoms with Crippen LogP contribution in [0.2, 0.25) is 0 Å². The minimum Gasteiger partial charge on any atom is -0.756 e. The molecule has 0 aliphatic heterocycles. The fourth-order valence-electron chi connectivity index (χ4n) is 9.58. The number of nitrogens with one attached hydrogen (secondary N) is 1. The minimum absolute atomic E-state index is 0.0168. The number of hydrogen-bond acceptors (Lipinski definition) is 7. The fraction of sp³-hybridized carbons (Fsp3) is 0.935. The first kappa shape index (κ1) is 70.8. The van der Waals surface area contributed by atoms with Gasteiger partial charge in [-0.1, -0.05) is 290 Å². The molecule has 10 heteroatoms. The lowest BCUT2D eigenvalue weighted by molar-refractivity contribution is -0.870. The molecule has 0 bridgehead atoms. The molecule has 0 aromatic rings. The SMILES string of the molecule is CCCCCCCCCCCC/C=C/C(OC(=O)CCCCCCCCCCCCCCCCCCCCC)C(COP(=O)([O-])OCC[N+](C)(C)C)NC(=O)CCCCCCCCCCCCCCCCC. The first-order valence-electron chi connectivity index (χ1n) is 31.5. The molecule has 0 rings (SSSR count). The maximum atomic E-state index is 13.5. The van der Waals surface area contributed by atoms with E-state index in [0.717, 1.165) is 57.8 Å². The number of amides is 1. The van der Waals surface area contributed by atoms with Crippen molar-refractivity contribution in [1.29, 1.82) is 0 Å². The molecule has 0 radical (unpaired) electrons. The third-order valence-electron chi connectivity index (χ3n) is 14.5. The Morgan fingerprint density at radius 1 is 0.472 bits per heavy atom. The highest BCUT2D eigenvalue weighted by molar-refractivity contribution is 7.45. The number of nitrogens with zero attached hydrogens (tertiary/aromatic N) is 1. The van der Waals surface area contributed by atoms with Crippen LogP contribution in [-0.2, 0) is 27.9 Å². The first-order valence-corrected chi connectivity index (χ1v) is 33.0. The van der Waals surface area contributed by atoms with Gasteiger partial charge < -0.3 is 28.5 Å². The van der Waals surface area contributed by atoms with Crippen LogP contribution in [0, 0.1) is 0 Å². The molecule has 3 unspecified atom stereocenters. The summed E-state index contributed by atoms with van der Waals surface area (Å²) in [6.07, 6.45) is 60.3. The van der Waals surface area contributed by atoms with Gasteiger partial charge in [0, 0.05) is 12.8 Å². The predicted molar refractivity (Wildman–Crippen MR) is 307 cm³/mol. The zero-order valence-electron chi connectivity index (χ0n) is 48.9. The average Bonchev–Trinajstić information content (AvgIpc) is 3.34. The van der Waals surface area contributed by atoms with Crippen molar-refractivity contribution >= 4 is 19.7 Å². The Bertz CT molecular complexity index is 1240. The van der Waals surface area contributed by atoms with E-state index in [-0.39, 0.29) is 31.5 Å². The van der Waals surface area contributed by atoms with Gasteiger partial charge in [0.05, 0.1) is 33.8 Å². The number of allylic oxidation sites excluding steroid dienone is 1. The maximum Gasteiger partial charge on any atom is 0.306 e. The van der Waals surface area contributed by atoms with E-state index in [9.17, 15) is 19.0 Å². The smallest absolute Gasteiger partial charge is 0.306 e. The van der Waals surface area contributed by atoms with Crippen molar-refractivity contribution in [1.82, 2.24) is 5.32 Å². The zero-order chi connectivity index (χ0) is 52.9. The average molecular weight is 1040 g/mol. The minimum atomic E-state index is -4.69. The molecule has 1 amide bonds. The number of phosphoric ester groups is 1. The Morgan fingerprint density at radius 3 is 1.14 bits per heavy atom. The van der Waals surface area contributed by atoms with Crippen LogP contribution in [0.25, 0.3) is 0 Å². The van der Waals surface area contributed by atoms with Crippen LogP contribution < -0.4 is 10.2 Å². The van der Waals surface area contributed by atoms with E-state index in [2.05, 4.69) is 26.1 Å². The lowest BCUT2D eigenvalue weighted by atomic mass is 10.0. The number of likely N-dealkylation sites (N-methyl/N-ethyl adjacent to an activating group) is 1. The molecule has 0 spiro atoms. The third-order valence-corrected chi connectivity index (χ3v) is 15.4. The summed E-state index contributed by atoms with van der Waals surface area (Å²) in [5.41, 5.74) is 0. The molecule has 0 aliphatic rings. The van der Waals surface area contributed by atoms with Gasteiger partial charge in [-0.3, -0.25) is 14.2 Å². The molecule has 0 aliphatic carbocycles. The summed E-state index contributed by atoms with van der Waals surface area (Å²) < 4.78 is 30.3. The van der Waals surface area contributed by atoms with E-state index in [4.69, 9.17) is 13.8 Å². The van der Waals surface area contributed by atoms with Crippen LogP contribution >= 0.6 is 7.82 Å². The van der Waals surface area contributed by atoms with Gasteiger partial charge in [-0.05, 0) is 31.8 Å². The molecule has 0 aromatic heterocycles. The molecule has 0 saturated carbocycles. The van der Waals surface area contributed by atoms with E-state index < -0.39 is 20.0 Å². The van der Waals surface area contributed by atoms with Gasteiger partial charge in [0.25, 0.3) is 7.82 Å². The van der Waals surface area contributed by atoms with Gasteiger partial charge in [-0.15, -0.1) is 0 Å². The highest BCUT2D eigenvalue weighted by atomic mass is 31.2. The largest absolute Gasteiger partial charge is 0.756 e. The number of hydrogen-bond donors (Lipinski definition) is 1. The van der Waals surface area contributed by atoms with Crippen LogP contribution in [0.3, 0.4) is 0 Å². The number of carbonyl (C=O) groups is 2. The number of rotatable bonds is 58. The number of phosphoric acid groups is 1. The monoisotopic (exact) mass is 1040 g/mol. The van der Waals surface area contributed by atoms with Gasteiger partial charge in [0.2, 0.25) is 5.91 Å². The molecule has 0 saturated heterocycles. The Balaban J connectivity index is 5.19. The molecule has 0 aromatic carbocycles. The van der Waals surface area contributed by atoms with Crippen LogP contribution in [0.5, 0.6) is 0 Å². The highest BCUT2D eigenvalue weighted by Crippen LogP contribution is 2.38. The summed E-state index contributed by atoms with van der Waals surface area (Å²) in [6, 6.07) is -0.879. The number of quaternary nitrogens is 1. The lowest BCUT2D eigenvalue weighted by Gasteiger charge is -2.30. The summed E-state index contributed by atoms with van der Waals surface area (Å²) in [5.74, 6) is -0.519. The molecule has 3 atom stereocenters. The Labute approximate surface area is 448 Å². The van der Waals surface area contributed by atoms with Crippen molar-refractivity contribution in [2.24, 2.45) is 0 Å². The Hall–Kier alpha value is -1.25. The molecule has 0 fully saturated rings. The van der Waals surface area contributed by atoms with Gasteiger partial charge in [-0.2, -0.15) is 0 Å². The molecule has 0 heterocycles. The van der Waals surface area contributed by atoms with Gasteiger partial charge in [-0.25, -0.2) is 0 Å². The number of ether oxygens (including phenoxy) is 1. The topological polar surface area (TPSA) is 114 Å². The van der Waals surface area contributed by atoms with E-state index in [0.29, 0.717) is 17.4 Å². The quantitative estimate of drug-likeness (QED) is 0.0212. The van der Waals surface area contributed by atoms with E-state index >= 15 is 0 Å². The fourth-order valence-corrected chi connectivity index (χ4v) is 10.3. The third kappa shape index (κ3) is 53.6. The second-order valence-corrected chi connectivity index (χ2v) is 24.3. The number of unbranched alkanes of at least 4 members (excludes halogenated alkanes) is 42. The van der Waals surface area contributed by atoms with Crippen molar-refractivity contribution in [3.8, 4) is 0 Å². The predicted octanol–water partition coefficient (Wildman–Crippen LogP) is 18.5. The molecule has 9 nitrogen and oxygen atoms in total. The van der Waals surface area contributed by atoms with E-state index in [1.165, 1.54) is 231 Å². The van der Waals surface area contributed by atoms with Crippen molar-refractivity contribution in [2.75, 3.05) is 40.9 Å². The second-order valence-electron chi connectivity index (χ2n) is 22.9. The summed E-state index contributed by atoms with van der Waals surface area (Å²) in [5, 5.41) is 3.04. The number of carbonyl (C=O) groups excluding carboxylic acids is 2. The van der Waals surface area contributed by atoms with Crippen molar-refractivity contribution in [3.05, 3.63) is 12.2 Å². The van der Waals surface area contributed by atoms with Crippen LogP contribution in [-0.4, -0.2) is 69.4 Å². The number of esters is 1. The molecular formula is C62H123N2O7P. The summed E-state index contributed by atoms with van der Waals surface area (Å²) in [6.45, 7) is 6.90. The van der Waals surface area contributed by atoms with E-state index in [1.807, 2.05) is 33.3 Å². The first-order chi connectivity index (χ1) is 34.9. The molecule has 1 N–H and O–H groups in total. The van der Waals surface area contributed by atoms with Crippen molar-refractivity contribution in [3.63, 3.8) is 0 Å². The molecular weight excluding hydrogens is 916 g/mol. The maximum absolute atomic E-state index is 13.5. The molecule has 428 valence electrons. The summed E-state index contributed by atoms with van der Waals surface area (Å²) in [4.78, 5) is 40.0. The summed E-state index contributed by atoms with van der Waals surface area (Å²) >= 11 is 0. The highest BCUT2D eigenvalue weighted by Gasteiger charge is 2.27. The zero-order valence-corrected chi connectivity index (χ0v) is 49.8. The van der Waals surface area contributed by atoms with Gasteiger partial charge in [0.1, 0.15) is 19.3 Å². The second kappa shape index (κ2) is 53.2. The normalized spacial score (nSPS) is 13.7. The van der Waals surface area contributed by atoms with Crippen molar-refractivity contribution < 1.29 is 37.3 Å². The Morgan fingerprint density at radius 2 is 0.792 bits per heavy atom. The summed E-state index contributed by atoms with van der Waals surface area (Å²) in [7, 11) is 1.21. The van der Waals surface area contributed by atoms with Crippen LogP contribution in [0.15, 0.2) is 12.2 Å². The molecule has 72 heavy (non-hydrogen) atoms. The van der Waals surface area contributed by atoms with Crippen LogP contribution in [0.4, 0.5) is 0 Å². The van der Waals surface area contributed by atoms with Gasteiger partial charge >= 0.3 is 5.97 Å². The van der Waals surface area contributed by atoms with E-state index in [1.54, 1.807) is 0 Å². The van der Waals surface area contributed by atoms with Gasteiger partial charge in [0.15, 0.2) is 0 Å². The van der Waals surface area contributed by atoms with Crippen LogP contribution in [0.1, 0.15) is 323 Å². The standard InChI is InChI=1S/C62H123N2O7P/c1-7-10-13-16-19-22-25-28-30-31-32-33-35-37-40-43-46-49-52-55-62(66)71-60(53-50-47-44-41-38-27-24-21-18-15-12-9-3)59(58-70-72(67,68)69-57-56-64(4,5)6)63-61(65)54-51-48-45-42-39-36-34-29-26-23-20-17-14-11-8-2/h50,53,59-60H,7-49,51-52,54-58H2,1-6H3,(H-,63,65,67,68)/b53-50+. The Kier molecular flexibility index (Phi) is 52.2. The van der Waals surface area contributed by atoms with Crippen molar-refractivity contribution in [2.45, 2.75) is 335 Å².